The third kappa shape index (κ3) is 2.59. The van der Waals surface area contributed by atoms with Crippen molar-refractivity contribution in [2.45, 2.75) is 6.92 Å². The predicted octanol–water partition coefficient (Wildman–Crippen LogP) is 7.67. The molecule has 0 atom stereocenters. The van der Waals surface area contributed by atoms with Crippen molar-refractivity contribution in [3.8, 4) is 11.1 Å². The molecule has 0 bridgehead atoms. The minimum Gasteiger partial charge on any atom is -0.294 e. The van der Waals surface area contributed by atoms with Crippen LogP contribution in [0, 0.1) is 0 Å². The first-order valence-electron chi connectivity index (χ1n) is 9.27. The molecule has 5 rings (SSSR count). The first kappa shape index (κ1) is 17.0. The van der Waals surface area contributed by atoms with Gasteiger partial charge >= 0.3 is 0 Å². The predicted molar refractivity (Wildman–Crippen MR) is 119 cm³/mol. The molecule has 5 aromatic rings. The van der Waals surface area contributed by atoms with E-state index in [0.29, 0.717) is 10.6 Å². The summed E-state index contributed by atoms with van der Waals surface area (Å²) in [6.07, 6.45) is 0. The second-order valence-corrected chi connectivity index (χ2v) is 7.53. The molecule has 0 saturated carbocycles. The van der Waals surface area contributed by atoms with Gasteiger partial charge in [0.2, 0.25) is 0 Å². The Labute approximate surface area is 168 Å². The number of benzene rings is 5. The fourth-order valence-corrected chi connectivity index (χ4v) is 4.31. The third-order valence-corrected chi connectivity index (χ3v) is 5.65. The molecule has 0 aliphatic heterocycles. The smallest absolute Gasteiger partial charge is 0.160 e. The van der Waals surface area contributed by atoms with E-state index >= 15 is 0 Å². The van der Waals surface area contributed by atoms with Gasteiger partial charge in [-0.3, -0.25) is 4.79 Å². The molecule has 1 nitrogen and oxygen atoms in total. The molecule has 0 heterocycles. The molecule has 0 aliphatic rings. The summed E-state index contributed by atoms with van der Waals surface area (Å²) in [4.78, 5) is 12.2. The van der Waals surface area contributed by atoms with Gasteiger partial charge < -0.3 is 0 Å². The lowest BCUT2D eigenvalue weighted by molar-refractivity contribution is 0.101. The quantitative estimate of drug-likeness (QED) is 0.227. The molecule has 0 radical (unpaired) electrons. The molecule has 5 aromatic carbocycles. The van der Waals surface area contributed by atoms with E-state index in [2.05, 4.69) is 66.7 Å². The van der Waals surface area contributed by atoms with Crippen LogP contribution >= 0.6 is 11.6 Å². The Morgan fingerprint density at radius 3 is 1.75 bits per heavy atom. The van der Waals surface area contributed by atoms with Gasteiger partial charge in [0.25, 0.3) is 0 Å². The summed E-state index contributed by atoms with van der Waals surface area (Å²) in [5.74, 6) is 0.0372. The SMILES string of the molecule is CC(=O)c1ccc(Cl)cc1-c1ccc2c3ccccc3c3ccccc3c2c1. The molecular weight excluding hydrogens is 364 g/mol. The van der Waals surface area contributed by atoms with Crippen LogP contribution in [0.2, 0.25) is 5.02 Å². The lowest BCUT2D eigenvalue weighted by Gasteiger charge is -2.13. The van der Waals surface area contributed by atoms with Gasteiger partial charge in [0.1, 0.15) is 0 Å². The summed E-state index contributed by atoms with van der Waals surface area (Å²) in [6.45, 7) is 1.59. The summed E-state index contributed by atoms with van der Waals surface area (Å²) in [6, 6.07) is 28.9. The van der Waals surface area contributed by atoms with Gasteiger partial charge in [-0.05, 0) is 74.6 Å². The number of Topliss-reactive ketones (excluding diaryl/α,β-unsaturated/α-hetero) is 1. The number of hydrogen-bond donors (Lipinski definition) is 0. The standard InChI is InChI=1S/C26H17ClO/c1-16(28)19-13-11-18(27)15-25(19)17-10-12-24-22-8-3-2-6-20(22)21-7-4-5-9-23(21)26(24)14-17/h2-15H,1H3. The van der Waals surface area contributed by atoms with Crippen molar-refractivity contribution in [2.75, 3.05) is 0 Å². The van der Waals surface area contributed by atoms with E-state index in [-0.39, 0.29) is 5.78 Å². The van der Waals surface area contributed by atoms with Crippen molar-refractivity contribution in [1.29, 1.82) is 0 Å². The van der Waals surface area contributed by atoms with Crippen LogP contribution in [0.15, 0.2) is 84.9 Å². The summed E-state index contributed by atoms with van der Waals surface area (Å²) in [5.41, 5.74) is 2.56. The number of ketones is 1. The number of rotatable bonds is 2. The van der Waals surface area contributed by atoms with E-state index in [1.54, 1.807) is 13.0 Å². The number of carbonyl (C=O) groups excluding carboxylic acids is 1. The maximum absolute atomic E-state index is 12.2. The van der Waals surface area contributed by atoms with E-state index in [0.717, 1.165) is 11.1 Å². The largest absolute Gasteiger partial charge is 0.294 e. The molecule has 0 fully saturated rings. The van der Waals surface area contributed by atoms with Crippen LogP contribution in [0.5, 0.6) is 0 Å². The van der Waals surface area contributed by atoms with Gasteiger partial charge in [0, 0.05) is 10.6 Å². The summed E-state index contributed by atoms with van der Waals surface area (Å²) in [5, 5.41) is 7.96. The Morgan fingerprint density at radius 2 is 1.18 bits per heavy atom. The zero-order chi connectivity index (χ0) is 19.3. The Morgan fingerprint density at radius 1 is 0.643 bits per heavy atom. The molecule has 0 N–H and O–H groups in total. The highest BCUT2D eigenvalue weighted by Gasteiger charge is 2.13. The molecule has 0 saturated heterocycles. The first-order chi connectivity index (χ1) is 13.6. The molecule has 2 heteroatoms. The van der Waals surface area contributed by atoms with Crippen molar-refractivity contribution in [3.63, 3.8) is 0 Å². The minimum atomic E-state index is 0.0372. The molecule has 0 aromatic heterocycles. The van der Waals surface area contributed by atoms with Gasteiger partial charge in [0.15, 0.2) is 5.78 Å². The topological polar surface area (TPSA) is 17.1 Å². The maximum Gasteiger partial charge on any atom is 0.160 e. The molecule has 0 unspecified atom stereocenters. The normalized spacial score (nSPS) is 11.4. The van der Waals surface area contributed by atoms with E-state index in [1.165, 1.54) is 32.3 Å². The van der Waals surface area contributed by atoms with E-state index in [1.807, 2.05) is 12.1 Å². The zero-order valence-corrected chi connectivity index (χ0v) is 16.1. The van der Waals surface area contributed by atoms with E-state index < -0.39 is 0 Å². The van der Waals surface area contributed by atoms with Crippen LogP contribution in [0.1, 0.15) is 17.3 Å². The Bertz CT molecular complexity index is 1360. The van der Waals surface area contributed by atoms with Gasteiger partial charge in [-0.15, -0.1) is 0 Å². The molecule has 0 spiro atoms. The van der Waals surface area contributed by atoms with Crippen LogP contribution in [0.25, 0.3) is 43.4 Å². The number of hydrogen-bond acceptors (Lipinski definition) is 1. The highest BCUT2D eigenvalue weighted by atomic mass is 35.5. The van der Waals surface area contributed by atoms with Crippen molar-refractivity contribution >= 4 is 49.7 Å². The Hall–Kier alpha value is -3.16. The number of carbonyl (C=O) groups is 1. The molecule has 0 aliphatic carbocycles. The number of halogens is 1. The molecule has 0 amide bonds. The second-order valence-electron chi connectivity index (χ2n) is 7.10. The van der Waals surface area contributed by atoms with Crippen molar-refractivity contribution in [2.24, 2.45) is 0 Å². The third-order valence-electron chi connectivity index (χ3n) is 5.42. The van der Waals surface area contributed by atoms with Crippen LogP contribution in [0.4, 0.5) is 0 Å². The van der Waals surface area contributed by atoms with E-state index in [4.69, 9.17) is 11.6 Å². The average Bonchev–Trinajstić information content (AvgIpc) is 2.73. The van der Waals surface area contributed by atoms with Crippen LogP contribution < -0.4 is 0 Å². The fourth-order valence-electron chi connectivity index (χ4n) is 4.14. The van der Waals surface area contributed by atoms with Crippen LogP contribution in [0.3, 0.4) is 0 Å². The van der Waals surface area contributed by atoms with Crippen molar-refractivity contribution in [3.05, 3.63) is 95.5 Å². The van der Waals surface area contributed by atoms with Gasteiger partial charge in [0.05, 0.1) is 0 Å². The number of fused-ring (bicyclic) bond motifs is 6. The molecule has 134 valence electrons. The Balaban J connectivity index is 1.91. The summed E-state index contributed by atoms with van der Waals surface area (Å²) in [7, 11) is 0. The second kappa shape index (κ2) is 6.47. The maximum atomic E-state index is 12.2. The van der Waals surface area contributed by atoms with Gasteiger partial charge in [-0.1, -0.05) is 72.3 Å². The Kier molecular flexibility index (Phi) is 3.92. The highest BCUT2D eigenvalue weighted by Crippen LogP contribution is 2.38. The van der Waals surface area contributed by atoms with E-state index in [9.17, 15) is 4.79 Å². The summed E-state index contributed by atoms with van der Waals surface area (Å²) >= 11 is 6.25. The fraction of sp³-hybridized carbons (Fsp3) is 0.0385. The highest BCUT2D eigenvalue weighted by molar-refractivity contribution is 6.31. The van der Waals surface area contributed by atoms with Gasteiger partial charge in [-0.25, -0.2) is 0 Å². The van der Waals surface area contributed by atoms with Crippen LogP contribution in [-0.2, 0) is 0 Å². The van der Waals surface area contributed by atoms with Crippen molar-refractivity contribution < 1.29 is 4.79 Å². The minimum absolute atomic E-state index is 0.0372. The summed E-state index contributed by atoms with van der Waals surface area (Å²) < 4.78 is 0. The molecule has 28 heavy (non-hydrogen) atoms. The average molecular weight is 381 g/mol. The lowest BCUT2D eigenvalue weighted by Crippen LogP contribution is -1.96. The van der Waals surface area contributed by atoms with Crippen LogP contribution in [-0.4, -0.2) is 5.78 Å². The van der Waals surface area contributed by atoms with Crippen molar-refractivity contribution in [1.82, 2.24) is 0 Å². The monoisotopic (exact) mass is 380 g/mol. The van der Waals surface area contributed by atoms with Gasteiger partial charge in [-0.2, -0.15) is 0 Å². The molecular formula is C26H17ClO. The lowest BCUT2D eigenvalue weighted by atomic mass is 9.90. The first-order valence-corrected chi connectivity index (χ1v) is 9.65. The zero-order valence-electron chi connectivity index (χ0n) is 15.4.